The van der Waals surface area contributed by atoms with Crippen molar-refractivity contribution in [1.29, 1.82) is 0 Å². The van der Waals surface area contributed by atoms with Crippen LogP contribution in [0.4, 0.5) is 0 Å². The second-order valence-electron chi connectivity index (χ2n) is 9.54. The van der Waals surface area contributed by atoms with Gasteiger partial charge in [-0.05, 0) is 0 Å². The Morgan fingerprint density at radius 2 is 1.57 bits per heavy atom. The van der Waals surface area contributed by atoms with Gasteiger partial charge in [0.1, 0.15) is 0 Å². The van der Waals surface area contributed by atoms with Crippen LogP contribution in [0.15, 0.2) is 66.9 Å². The van der Waals surface area contributed by atoms with E-state index in [1.807, 2.05) is 17.5 Å². The summed E-state index contributed by atoms with van der Waals surface area (Å²) in [4.78, 5) is 4.73. The molecule has 2 heterocycles. The fourth-order valence-electron chi connectivity index (χ4n) is 4.21. The summed E-state index contributed by atoms with van der Waals surface area (Å²) in [7, 11) is 0. The molecule has 2 aromatic heterocycles. The summed E-state index contributed by atoms with van der Waals surface area (Å²) in [6.45, 7) is 4.47. The summed E-state index contributed by atoms with van der Waals surface area (Å²) in [6.07, 6.45) is 1.95. The van der Waals surface area contributed by atoms with E-state index in [4.69, 9.17) is 4.98 Å². The first kappa shape index (κ1) is 19.8. The van der Waals surface area contributed by atoms with Crippen LogP contribution in [0, 0.1) is 0 Å². The average molecular weight is 470 g/mol. The maximum absolute atomic E-state index is 4.73. The van der Waals surface area contributed by atoms with E-state index in [0.29, 0.717) is 5.92 Å². The van der Waals surface area contributed by atoms with E-state index < -0.39 is 13.3 Å². The van der Waals surface area contributed by atoms with E-state index in [1.165, 1.54) is 42.1 Å². The molecule has 0 N–H and O–H groups in total. The van der Waals surface area contributed by atoms with Crippen LogP contribution >= 0.6 is 11.3 Å². The number of pyridine rings is 1. The molecule has 0 atom stereocenters. The number of fused-ring (bicyclic) bond motifs is 5. The fourth-order valence-corrected chi connectivity index (χ4v) is 8.02. The van der Waals surface area contributed by atoms with Crippen molar-refractivity contribution in [2.45, 2.75) is 37.0 Å². The van der Waals surface area contributed by atoms with Gasteiger partial charge in [0.15, 0.2) is 0 Å². The molecular formula is C27H27GeNS. The van der Waals surface area contributed by atoms with Gasteiger partial charge >= 0.3 is 172 Å². The van der Waals surface area contributed by atoms with Crippen molar-refractivity contribution in [3.05, 3.63) is 72.4 Å². The molecular weight excluding hydrogens is 443 g/mol. The molecule has 0 radical (unpaired) electrons. The predicted molar refractivity (Wildman–Crippen MR) is 137 cm³/mol. The Balaban J connectivity index is 1.78. The third-order valence-electron chi connectivity index (χ3n) is 6.07. The van der Waals surface area contributed by atoms with Crippen molar-refractivity contribution in [1.82, 2.24) is 4.98 Å². The molecule has 3 heteroatoms. The standard InChI is InChI=1S/C27H27GeNS/c1-17(2)18-13-14-29-25(16-18)24-8-6-7-22-23-11-9-19-15-20(28(3,4)5)10-12-21(19)26(23)30-27(22)24/h6-17H,1-5H3. The van der Waals surface area contributed by atoms with E-state index in [-0.39, 0.29) is 0 Å². The van der Waals surface area contributed by atoms with Crippen LogP contribution < -0.4 is 4.40 Å². The number of hydrogen-bond acceptors (Lipinski definition) is 2. The van der Waals surface area contributed by atoms with E-state index in [9.17, 15) is 0 Å². The van der Waals surface area contributed by atoms with Crippen molar-refractivity contribution in [2.24, 2.45) is 0 Å². The molecule has 3 aromatic carbocycles. The zero-order chi connectivity index (χ0) is 21.0. The van der Waals surface area contributed by atoms with Crippen molar-refractivity contribution in [2.75, 3.05) is 0 Å². The third-order valence-corrected chi connectivity index (χ3v) is 11.6. The Kier molecular flexibility index (Phi) is 4.75. The molecule has 30 heavy (non-hydrogen) atoms. The summed E-state index contributed by atoms with van der Waals surface area (Å²) >= 11 is 0.0754. The van der Waals surface area contributed by atoms with E-state index in [2.05, 4.69) is 91.8 Å². The Morgan fingerprint density at radius 3 is 2.33 bits per heavy atom. The monoisotopic (exact) mass is 471 g/mol. The quantitative estimate of drug-likeness (QED) is 0.244. The zero-order valence-corrected chi connectivity index (χ0v) is 21.2. The van der Waals surface area contributed by atoms with Crippen molar-refractivity contribution in [3.63, 3.8) is 0 Å². The number of rotatable bonds is 3. The molecule has 5 aromatic rings. The molecule has 0 unspecified atom stereocenters. The molecule has 0 spiro atoms. The summed E-state index contributed by atoms with van der Waals surface area (Å²) in [5.74, 6) is 7.89. The second-order valence-corrected chi connectivity index (χ2v) is 21.2. The molecule has 0 aliphatic rings. The van der Waals surface area contributed by atoms with E-state index >= 15 is 0 Å². The normalized spacial score (nSPS) is 12.5. The van der Waals surface area contributed by atoms with Gasteiger partial charge < -0.3 is 0 Å². The third kappa shape index (κ3) is 3.27. The fraction of sp³-hybridized carbons (Fsp3) is 0.222. The average Bonchev–Trinajstić information content (AvgIpc) is 3.12. The van der Waals surface area contributed by atoms with Crippen molar-refractivity contribution in [3.8, 4) is 11.3 Å². The van der Waals surface area contributed by atoms with Gasteiger partial charge in [0.2, 0.25) is 0 Å². The van der Waals surface area contributed by atoms with Crippen LogP contribution in [0.2, 0.25) is 17.3 Å². The molecule has 0 amide bonds. The maximum atomic E-state index is 4.73. The number of thiophene rings is 1. The minimum absolute atomic E-state index is 0.499. The second kappa shape index (κ2) is 7.21. The molecule has 0 saturated heterocycles. The number of aromatic nitrogens is 1. The number of hydrogen-bond donors (Lipinski definition) is 0. The summed E-state index contributed by atoms with van der Waals surface area (Å²) in [5.41, 5.74) is 3.65. The molecule has 5 rings (SSSR count). The van der Waals surface area contributed by atoms with Crippen LogP contribution in [-0.4, -0.2) is 18.3 Å². The molecule has 0 aliphatic heterocycles. The number of nitrogens with zero attached hydrogens (tertiary/aromatic N) is 1. The molecule has 0 fully saturated rings. The van der Waals surface area contributed by atoms with Gasteiger partial charge in [-0.3, -0.25) is 0 Å². The van der Waals surface area contributed by atoms with Crippen molar-refractivity contribution >= 4 is 59.9 Å². The van der Waals surface area contributed by atoms with Crippen LogP contribution in [0.25, 0.3) is 42.2 Å². The van der Waals surface area contributed by atoms with Crippen LogP contribution in [0.5, 0.6) is 0 Å². The Morgan fingerprint density at radius 1 is 0.800 bits per heavy atom. The van der Waals surface area contributed by atoms with Gasteiger partial charge in [0.05, 0.1) is 0 Å². The first-order chi connectivity index (χ1) is 14.3. The van der Waals surface area contributed by atoms with Gasteiger partial charge in [-0.15, -0.1) is 0 Å². The number of benzene rings is 3. The SMILES string of the molecule is CC(C)c1ccnc(-c2cccc3c2sc2c4cc[c]([Ge]([CH3])([CH3])[CH3])cc4ccc32)c1. The topological polar surface area (TPSA) is 12.9 Å². The Bertz CT molecular complexity index is 1410. The molecule has 1 nitrogen and oxygen atoms in total. The minimum atomic E-state index is -1.84. The first-order valence-corrected chi connectivity index (χ1v) is 18.8. The first-order valence-electron chi connectivity index (χ1n) is 10.7. The van der Waals surface area contributed by atoms with E-state index in [0.717, 1.165) is 5.69 Å². The summed E-state index contributed by atoms with van der Waals surface area (Å²) in [6, 6.07) is 22.8. The van der Waals surface area contributed by atoms with Crippen LogP contribution in [0.3, 0.4) is 0 Å². The van der Waals surface area contributed by atoms with Gasteiger partial charge in [-0.25, -0.2) is 0 Å². The molecule has 0 aliphatic carbocycles. The van der Waals surface area contributed by atoms with Gasteiger partial charge in [-0.2, -0.15) is 0 Å². The Labute approximate surface area is 185 Å². The van der Waals surface area contributed by atoms with Gasteiger partial charge in [-0.1, -0.05) is 13.8 Å². The van der Waals surface area contributed by atoms with E-state index in [1.54, 1.807) is 4.40 Å². The molecule has 150 valence electrons. The molecule has 0 bridgehead atoms. The van der Waals surface area contributed by atoms with Crippen molar-refractivity contribution < 1.29 is 0 Å². The van der Waals surface area contributed by atoms with Gasteiger partial charge in [0, 0.05) is 0 Å². The summed E-state index contributed by atoms with van der Waals surface area (Å²) < 4.78 is 4.30. The summed E-state index contributed by atoms with van der Waals surface area (Å²) in [5, 5.41) is 5.44. The predicted octanol–water partition coefficient (Wildman–Crippen LogP) is 7.94. The molecule has 0 saturated carbocycles. The van der Waals surface area contributed by atoms with Crippen LogP contribution in [-0.2, 0) is 0 Å². The van der Waals surface area contributed by atoms with Crippen LogP contribution in [0.1, 0.15) is 25.3 Å². The zero-order valence-electron chi connectivity index (χ0n) is 18.3. The Hall–Kier alpha value is -2.17. The van der Waals surface area contributed by atoms with Gasteiger partial charge in [0.25, 0.3) is 0 Å².